The Labute approximate surface area is 221 Å². The van der Waals surface area contributed by atoms with E-state index in [-0.39, 0.29) is 11.6 Å². The molecule has 0 spiro atoms. The highest BCUT2D eigenvalue weighted by Crippen LogP contribution is 2.28. The van der Waals surface area contributed by atoms with Gasteiger partial charge >= 0.3 is 0 Å². The number of aromatic nitrogens is 5. The molecule has 0 aliphatic heterocycles. The molecule has 0 unspecified atom stereocenters. The van der Waals surface area contributed by atoms with Crippen LogP contribution in [0.15, 0.2) is 70.1 Å². The Kier molecular flexibility index (Phi) is 7.37. The van der Waals surface area contributed by atoms with Gasteiger partial charge in [0.15, 0.2) is 5.82 Å². The maximum absolute atomic E-state index is 13.3. The standard InChI is InChI=1S/C29H32N6O3/c1-5-26(28-31-32-33-35(28)18-24-7-6-14-38-24)34(16-21-10-12-23(37-4)13-11-21)17-22-15-25-19(2)8-9-20(3)27(25)30-29(22)36/h6-15,26H,5,16-18H2,1-4H3,(H,30,36)/t26-/m1/s1. The first kappa shape index (κ1) is 25.4. The topological polar surface area (TPSA) is 102 Å². The van der Waals surface area contributed by atoms with Gasteiger partial charge in [-0.05, 0) is 77.7 Å². The molecule has 1 atom stereocenters. The van der Waals surface area contributed by atoms with Crippen LogP contribution in [0.1, 0.15) is 53.2 Å². The van der Waals surface area contributed by atoms with Crippen molar-refractivity contribution in [1.82, 2.24) is 30.1 Å². The number of fused-ring (bicyclic) bond motifs is 1. The molecule has 3 heterocycles. The SMILES string of the molecule is CC[C@H](c1nnnn1Cc1ccco1)N(Cc1ccc(OC)cc1)Cc1cc2c(C)ccc(C)c2[nH]c1=O. The van der Waals surface area contributed by atoms with Crippen LogP contribution in [0.4, 0.5) is 0 Å². The summed E-state index contributed by atoms with van der Waals surface area (Å²) >= 11 is 0. The minimum atomic E-state index is -0.143. The largest absolute Gasteiger partial charge is 0.497 e. The Morgan fingerprint density at radius 1 is 1.08 bits per heavy atom. The Bertz CT molecular complexity index is 1570. The molecule has 0 saturated carbocycles. The number of rotatable bonds is 10. The molecule has 0 aliphatic carbocycles. The van der Waals surface area contributed by atoms with Crippen molar-refractivity contribution in [3.05, 3.63) is 105 Å². The molecule has 5 rings (SSSR count). The first-order valence-electron chi connectivity index (χ1n) is 12.7. The Balaban J connectivity index is 1.54. The van der Waals surface area contributed by atoms with E-state index in [9.17, 15) is 4.79 Å². The van der Waals surface area contributed by atoms with Gasteiger partial charge in [-0.3, -0.25) is 9.69 Å². The predicted octanol–water partition coefficient (Wildman–Crippen LogP) is 4.93. The van der Waals surface area contributed by atoms with Gasteiger partial charge in [0.25, 0.3) is 5.56 Å². The molecule has 196 valence electrons. The number of furan rings is 1. The number of ether oxygens (including phenoxy) is 1. The zero-order valence-electron chi connectivity index (χ0n) is 22.1. The van der Waals surface area contributed by atoms with Crippen LogP contribution in [0.3, 0.4) is 0 Å². The van der Waals surface area contributed by atoms with E-state index in [1.54, 1.807) is 18.1 Å². The number of nitrogens with zero attached hydrogens (tertiary/aromatic N) is 5. The van der Waals surface area contributed by atoms with Crippen molar-refractivity contribution in [3.8, 4) is 5.75 Å². The lowest BCUT2D eigenvalue weighted by atomic mass is 10.0. The summed E-state index contributed by atoms with van der Waals surface area (Å²) in [6.45, 7) is 7.64. The third kappa shape index (κ3) is 5.24. The van der Waals surface area contributed by atoms with Crippen LogP contribution in [0.25, 0.3) is 10.9 Å². The molecular weight excluding hydrogens is 480 g/mol. The minimum Gasteiger partial charge on any atom is -0.497 e. The second kappa shape index (κ2) is 11.0. The van der Waals surface area contributed by atoms with Crippen molar-refractivity contribution < 1.29 is 9.15 Å². The highest BCUT2D eigenvalue weighted by Gasteiger charge is 2.26. The molecule has 0 amide bonds. The monoisotopic (exact) mass is 512 g/mol. The predicted molar refractivity (Wildman–Crippen MR) is 145 cm³/mol. The second-order valence-electron chi connectivity index (χ2n) is 9.56. The zero-order chi connectivity index (χ0) is 26.6. The molecule has 2 aromatic carbocycles. The van der Waals surface area contributed by atoms with Gasteiger partial charge in [0.1, 0.15) is 18.1 Å². The van der Waals surface area contributed by atoms with E-state index < -0.39 is 0 Å². The number of pyridine rings is 1. The number of methoxy groups -OCH3 is 1. The molecule has 5 aromatic rings. The van der Waals surface area contributed by atoms with Crippen LogP contribution in [0, 0.1) is 13.8 Å². The molecular formula is C29H32N6O3. The highest BCUT2D eigenvalue weighted by molar-refractivity contribution is 5.85. The number of hydrogen-bond donors (Lipinski definition) is 1. The van der Waals surface area contributed by atoms with Gasteiger partial charge in [-0.25, -0.2) is 4.68 Å². The number of aryl methyl sites for hydroxylation is 2. The molecule has 38 heavy (non-hydrogen) atoms. The fraction of sp³-hybridized carbons (Fsp3) is 0.310. The third-order valence-electron chi connectivity index (χ3n) is 7.01. The normalized spacial score (nSPS) is 12.3. The Morgan fingerprint density at radius 2 is 1.87 bits per heavy atom. The van der Waals surface area contributed by atoms with Crippen molar-refractivity contribution in [2.45, 2.75) is 52.9 Å². The molecule has 0 fully saturated rings. The van der Waals surface area contributed by atoms with Gasteiger partial charge < -0.3 is 14.1 Å². The summed E-state index contributed by atoms with van der Waals surface area (Å²) in [5, 5.41) is 13.7. The van der Waals surface area contributed by atoms with Crippen LogP contribution in [0.2, 0.25) is 0 Å². The number of tetrazole rings is 1. The molecule has 0 saturated heterocycles. The second-order valence-corrected chi connectivity index (χ2v) is 9.56. The smallest absolute Gasteiger partial charge is 0.252 e. The number of H-pyrrole nitrogens is 1. The maximum Gasteiger partial charge on any atom is 0.252 e. The van der Waals surface area contributed by atoms with Crippen LogP contribution >= 0.6 is 0 Å². The summed E-state index contributed by atoms with van der Waals surface area (Å²) in [6, 6.07) is 17.7. The van der Waals surface area contributed by atoms with Crippen LogP contribution in [0.5, 0.6) is 5.75 Å². The average Bonchev–Trinajstić information content (AvgIpc) is 3.61. The van der Waals surface area contributed by atoms with Crippen molar-refractivity contribution in [2.75, 3.05) is 7.11 Å². The van der Waals surface area contributed by atoms with Gasteiger partial charge in [-0.15, -0.1) is 5.10 Å². The van der Waals surface area contributed by atoms with E-state index in [1.807, 2.05) is 55.5 Å². The third-order valence-corrected chi connectivity index (χ3v) is 7.01. The molecule has 0 bridgehead atoms. The number of benzene rings is 2. The molecule has 0 radical (unpaired) electrons. The summed E-state index contributed by atoms with van der Waals surface area (Å²) in [5.41, 5.74) is 4.76. The van der Waals surface area contributed by atoms with Crippen LogP contribution < -0.4 is 10.3 Å². The summed E-state index contributed by atoms with van der Waals surface area (Å²) in [5.74, 6) is 2.29. The van der Waals surface area contributed by atoms with E-state index in [1.165, 1.54) is 0 Å². The lowest BCUT2D eigenvalue weighted by Gasteiger charge is -2.30. The lowest BCUT2D eigenvalue weighted by molar-refractivity contribution is 0.161. The fourth-order valence-electron chi connectivity index (χ4n) is 4.91. The lowest BCUT2D eigenvalue weighted by Crippen LogP contribution is -2.32. The van der Waals surface area contributed by atoms with Crippen molar-refractivity contribution in [1.29, 1.82) is 0 Å². The van der Waals surface area contributed by atoms with E-state index in [2.05, 4.69) is 45.3 Å². The number of nitrogens with one attached hydrogen (secondary N) is 1. The molecule has 9 heteroatoms. The molecule has 9 nitrogen and oxygen atoms in total. The van der Waals surface area contributed by atoms with Crippen molar-refractivity contribution in [2.24, 2.45) is 0 Å². The maximum atomic E-state index is 13.3. The van der Waals surface area contributed by atoms with Crippen LogP contribution in [-0.4, -0.2) is 37.2 Å². The van der Waals surface area contributed by atoms with E-state index in [4.69, 9.17) is 9.15 Å². The summed E-state index contributed by atoms with van der Waals surface area (Å²) < 4.78 is 12.7. The number of hydrogen-bond acceptors (Lipinski definition) is 7. The highest BCUT2D eigenvalue weighted by atomic mass is 16.5. The summed E-state index contributed by atoms with van der Waals surface area (Å²) in [6.07, 6.45) is 2.39. The summed E-state index contributed by atoms with van der Waals surface area (Å²) in [7, 11) is 1.66. The Hall–Kier alpha value is -4.24. The average molecular weight is 513 g/mol. The van der Waals surface area contributed by atoms with E-state index in [0.29, 0.717) is 25.2 Å². The first-order chi connectivity index (χ1) is 18.5. The van der Waals surface area contributed by atoms with E-state index in [0.717, 1.165) is 51.3 Å². The van der Waals surface area contributed by atoms with Gasteiger partial charge in [0.2, 0.25) is 0 Å². The van der Waals surface area contributed by atoms with Gasteiger partial charge in [-0.1, -0.05) is 31.2 Å². The summed E-state index contributed by atoms with van der Waals surface area (Å²) in [4.78, 5) is 18.7. The molecule has 3 aromatic heterocycles. The molecule has 1 N–H and O–H groups in total. The molecule has 0 aliphatic rings. The van der Waals surface area contributed by atoms with Gasteiger partial charge in [0, 0.05) is 24.0 Å². The zero-order valence-corrected chi connectivity index (χ0v) is 22.1. The quantitative estimate of drug-likeness (QED) is 0.283. The van der Waals surface area contributed by atoms with Crippen molar-refractivity contribution in [3.63, 3.8) is 0 Å². The van der Waals surface area contributed by atoms with Gasteiger partial charge in [0.05, 0.1) is 24.9 Å². The fourth-order valence-corrected chi connectivity index (χ4v) is 4.91. The number of aromatic amines is 1. The van der Waals surface area contributed by atoms with Gasteiger partial charge in [-0.2, -0.15) is 0 Å². The minimum absolute atomic E-state index is 0.0871. The first-order valence-corrected chi connectivity index (χ1v) is 12.7. The van der Waals surface area contributed by atoms with Crippen molar-refractivity contribution >= 4 is 10.9 Å². The van der Waals surface area contributed by atoms with Crippen LogP contribution in [-0.2, 0) is 19.6 Å². The Morgan fingerprint density at radius 3 is 2.58 bits per heavy atom. The van der Waals surface area contributed by atoms with E-state index >= 15 is 0 Å².